The van der Waals surface area contributed by atoms with Crippen molar-refractivity contribution in [3.8, 4) is 11.5 Å². The van der Waals surface area contributed by atoms with E-state index < -0.39 is 11.7 Å². The average Bonchev–Trinajstić information content (AvgIpc) is 2.42. The van der Waals surface area contributed by atoms with E-state index in [-0.39, 0.29) is 11.3 Å². The van der Waals surface area contributed by atoms with Crippen LogP contribution in [0.1, 0.15) is 21.5 Å². The quantitative estimate of drug-likeness (QED) is 0.755. The molecule has 0 aliphatic rings. The second-order valence-electron chi connectivity index (χ2n) is 4.49. The predicted molar refractivity (Wildman–Crippen MR) is 79.8 cm³/mol. The number of hydrogen-bond acceptors (Lipinski definition) is 3. The van der Waals surface area contributed by atoms with Gasteiger partial charge in [0, 0.05) is 11.0 Å². The van der Waals surface area contributed by atoms with Crippen LogP contribution in [0.2, 0.25) is 0 Å². The Morgan fingerprint density at radius 1 is 1.20 bits per heavy atom. The van der Waals surface area contributed by atoms with Crippen molar-refractivity contribution >= 4 is 21.8 Å². The van der Waals surface area contributed by atoms with Crippen LogP contribution in [0.15, 0.2) is 40.9 Å². The van der Waals surface area contributed by atoms with E-state index in [9.17, 15) is 15.0 Å². The monoisotopic (exact) mass is 335 g/mol. The summed E-state index contributed by atoms with van der Waals surface area (Å²) in [5.74, 6) is -1.20. The molecule has 0 aliphatic carbocycles. The first-order valence-corrected chi connectivity index (χ1v) is 6.82. The fourth-order valence-corrected chi connectivity index (χ4v) is 2.19. The summed E-state index contributed by atoms with van der Waals surface area (Å²) < 4.78 is 0.522. The maximum absolute atomic E-state index is 12.0. The molecule has 0 saturated heterocycles. The lowest BCUT2D eigenvalue weighted by atomic mass is 10.1. The topological polar surface area (TPSA) is 69.6 Å². The summed E-state index contributed by atoms with van der Waals surface area (Å²) in [6.45, 7) is 2.34. The lowest BCUT2D eigenvalue weighted by Crippen LogP contribution is -2.22. The molecule has 4 nitrogen and oxygen atoms in total. The Morgan fingerprint density at radius 2 is 1.85 bits per heavy atom. The van der Waals surface area contributed by atoms with Gasteiger partial charge in [0.2, 0.25) is 0 Å². The van der Waals surface area contributed by atoms with Gasteiger partial charge in [-0.1, -0.05) is 45.8 Å². The van der Waals surface area contributed by atoms with Crippen molar-refractivity contribution in [2.24, 2.45) is 0 Å². The number of carbonyl (C=O) groups is 1. The van der Waals surface area contributed by atoms with E-state index in [1.54, 1.807) is 0 Å². The van der Waals surface area contributed by atoms with Crippen LogP contribution in [0, 0.1) is 6.92 Å². The van der Waals surface area contributed by atoms with E-state index >= 15 is 0 Å². The number of aryl methyl sites for hydroxylation is 1. The summed E-state index contributed by atoms with van der Waals surface area (Å²) in [6, 6.07) is 10.6. The zero-order valence-electron chi connectivity index (χ0n) is 10.9. The molecular formula is C15H14BrNO3. The Hall–Kier alpha value is -2.01. The molecule has 0 saturated carbocycles. The first-order chi connectivity index (χ1) is 9.47. The molecule has 0 aliphatic heterocycles. The molecule has 104 valence electrons. The number of nitrogens with one attached hydrogen (secondary N) is 1. The van der Waals surface area contributed by atoms with Crippen LogP contribution < -0.4 is 5.32 Å². The Balaban J connectivity index is 2.11. The largest absolute Gasteiger partial charge is 0.504 e. The fourth-order valence-electron chi connectivity index (χ4n) is 1.74. The van der Waals surface area contributed by atoms with Crippen LogP contribution in [0.25, 0.3) is 0 Å². The summed E-state index contributed by atoms with van der Waals surface area (Å²) in [5, 5.41) is 21.9. The second kappa shape index (κ2) is 5.96. The van der Waals surface area contributed by atoms with Gasteiger partial charge in [-0.2, -0.15) is 0 Å². The zero-order chi connectivity index (χ0) is 14.7. The molecule has 2 rings (SSSR count). The van der Waals surface area contributed by atoms with Gasteiger partial charge in [-0.15, -0.1) is 0 Å². The highest BCUT2D eigenvalue weighted by Crippen LogP contribution is 2.32. The van der Waals surface area contributed by atoms with Gasteiger partial charge >= 0.3 is 0 Å². The Bertz CT molecular complexity index is 638. The van der Waals surface area contributed by atoms with Gasteiger partial charge in [0.05, 0.1) is 5.56 Å². The van der Waals surface area contributed by atoms with Gasteiger partial charge < -0.3 is 15.5 Å². The Labute approximate surface area is 125 Å². The summed E-state index contributed by atoms with van der Waals surface area (Å²) in [5.41, 5.74) is 2.14. The number of aromatic hydroxyl groups is 2. The fraction of sp³-hybridized carbons (Fsp3) is 0.133. The van der Waals surface area contributed by atoms with Crippen LogP contribution in [-0.2, 0) is 6.54 Å². The molecule has 0 radical (unpaired) electrons. The third-order valence-electron chi connectivity index (χ3n) is 2.87. The molecule has 5 heteroatoms. The van der Waals surface area contributed by atoms with E-state index in [4.69, 9.17) is 0 Å². The lowest BCUT2D eigenvalue weighted by molar-refractivity contribution is 0.0947. The number of amides is 1. The van der Waals surface area contributed by atoms with E-state index in [0.717, 1.165) is 11.1 Å². The minimum absolute atomic E-state index is 0.0315. The molecule has 3 N–H and O–H groups in total. The number of benzene rings is 2. The highest BCUT2D eigenvalue weighted by atomic mass is 79.9. The molecule has 0 aromatic heterocycles. The van der Waals surface area contributed by atoms with E-state index in [1.165, 1.54) is 12.1 Å². The van der Waals surface area contributed by atoms with Gasteiger partial charge in [-0.3, -0.25) is 4.79 Å². The minimum atomic E-state index is -0.445. The third-order valence-corrected chi connectivity index (χ3v) is 3.33. The molecule has 0 unspecified atom stereocenters. The summed E-state index contributed by atoms with van der Waals surface area (Å²) in [6.07, 6.45) is 0. The predicted octanol–water partition coefficient (Wildman–Crippen LogP) is 3.10. The number of phenolic OH excluding ortho intramolecular Hbond substituents is 2. The normalized spacial score (nSPS) is 10.3. The highest BCUT2D eigenvalue weighted by molar-refractivity contribution is 9.10. The minimum Gasteiger partial charge on any atom is -0.504 e. The first kappa shape index (κ1) is 14.4. The highest BCUT2D eigenvalue weighted by Gasteiger charge is 2.15. The molecular weight excluding hydrogens is 322 g/mol. The first-order valence-electron chi connectivity index (χ1n) is 6.02. The molecule has 1 amide bonds. The van der Waals surface area contributed by atoms with Gasteiger partial charge in [0.25, 0.3) is 5.91 Å². The van der Waals surface area contributed by atoms with Crippen LogP contribution in [0.3, 0.4) is 0 Å². The number of halogens is 1. The summed E-state index contributed by atoms with van der Waals surface area (Å²) in [7, 11) is 0. The maximum atomic E-state index is 12.0. The molecule has 2 aromatic carbocycles. The molecule has 20 heavy (non-hydrogen) atoms. The van der Waals surface area contributed by atoms with E-state index in [1.807, 2.05) is 31.2 Å². The maximum Gasteiger partial charge on any atom is 0.255 e. The summed E-state index contributed by atoms with van der Waals surface area (Å²) in [4.78, 5) is 12.0. The molecule has 0 bridgehead atoms. The van der Waals surface area contributed by atoms with Crippen LogP contribution in [-0.4, -0.2) is 16.1 Å². The Morgan fingerprint density at radius 3 is 2.50 bits per heavy atom. The molecule has 0 spiro atoms. The average molecular weight is 336 g/mol. The third kappa shape index (κ3) is 3.30. The van der Waals surface area contributed by atoms with Gasteiger partial charge in [-0.05, 0) is 24.6 Å². The van der Waals surface area contributed by atoms with Crippen molar-refractivity contribution in [1.29, 1.82) is 0 Å². The van der Waals surface area contributed by atoms with Crippen molar-refractivity contribution in [2.45, 2.75) is 13.5 Å². The standard InChI is InChI=1S/C15H14BrNO3/c1-9-2-4-10(5-3-9)8-17-15(20)12-6-11(16)7-13(18)14(12)19/h2-7,18-19H,8H2,1H3,(H,17,20). The molecule has 0 atom stereocenters. The zero-order valence-corrected chi connectivity index (χ0v) is 12.4. The summed E-state index contributed by atoms with van der Waals surface area (Å²) >= 11 is 3.17. The van der Waals surface area contributed by atoms with Gasteiger partial charge in [-0.25, -0.2) is 0 Å². The number of hydrogen-bond donors (Lipinski definition) is 3. The van der Waals surface area contributed by atoms with Crippen LogP contribution in [0.4, 0.5) is 0 Å². The van der Waals surface area contributed by atoms with E-state index in [0.29, 0.717) is 11.0 Å². The SMILES string of the molecule is Cc1ccc(CNC(=O)c2cc(Br)cc(O)c2O)cc1. The number of rotatable bonds is 3. The molecule has 0 fully saturated rings. The number of carbonyl (C=O) groups excluding carboxylic acids is 1. The van der Waals surface area contributed by atoms with Gasteiger partial charge in [0.1, 0.15) is 0 Å². The lowest BCUT2D eigenvalue weighted by Gasteiger charge is -2.09. The van der Waals surface area contributed by atoms with Crippen molar-refractivity contribution in [1.82, 2.24) is 5.32 Å². The molecule has 0 heterocycles. The smallest absolute Gasteiger partial charge is 0.255 e. The van der Waals surface area contributed by atoms with Crippen molar-refractivity contribution in [3.63, 3.8) is 0 Å². The van der Waals surface area contributed by atoms with Gasteiger partial charge in [0.15, 0.2) is 11.5 Å². The van der Waals surface area contributed by atoms with Crippen molar-refractivity contribution in [3.05, 3.63) is 57.6 Å². The number of phenols is 2. The Kier molecular flexibility index (Phi) is 4.29. The second-order valence-corrected chi connectivity index (χ2v) is 5.41. The molecule has 2 aromatic rings. The van der Waals surface area contributed by atoms with Crippen LogP contribution >= 0.6 is 15.9 Å². The van der Waals surface area contributed by atoms with Crippen molar-refractivity contribution in [2.75, 3.05) is 0 Å². The van der Waals surface area contributed by atoms with E-state index in [2.05, 4.69) is 21.2 Å². The van der Waals surface area contributed by atoms with Crippen molar-refractivity contribution < 1.29 is 15.0 Å². The van der Waals surface area contributed by atoms with Crippen LogP contribution in [0.5, 0.6) is 11.5 Å².